The molecule has 0 amide bonds. The van der Waals surface area contributed by atoms with E-state index in [1.165, 1.54) is 12.1 Å². The van der Waals surface area contributed by atoms with Crippen molar-refractivity contribution >= 4 is 10.0 Å². The lowest BCUT2D eigenvalue weighted by Gasteiger charge is -2.15. The third-order valence-corrected chi connectivity index (χ3v) is 4.38. The van der Waals surface area contributed by atoms with Crippen LogP contribution in [0.1, 0.15) is 13.8 Å². The van der Waals surface area contributed by atoms with E-state index >= 15 is 0 Å². The van der Waals surface area contributed by atoms with Crippen LogP contribution in [-0.2, 0) is 14.8 Å². The average molecular weight is 317 g/mol. The maximum absolute atomic E-state index is 12.0. The van der Waals surface area contributed by atoms with Gasteiger partial charge < -0.3 is 14.6 Å². The number of ether oxygens (including phenoxy) is 2. The van der Waals surface area contributed by atoms with Gasteiger partial charge in [-0.15, -0.1) is 0 Å². The summed E-state index contributed by atoms with van der Waals surface area (Å²) in [5.74, 6) is 0.567. The van der Waals surface area contributed by atoms with Crippen LogP contribution in [0, 0.1) is 5.92 Å². The quantitative estimate of drug-likeness (QED) is 0.664. The van der Waals surface area contributed by atoms with Crippen molar-refractivity contribution in [3.63, 3.8) is 0 Å². The number of methoxy groups -OCH3 is 1. The minimum Gasteiger partial charge on any atom is -0.491 e. The second kappa shape index (κ2) is 8.33. The standard InChI is InChI=1S/C14H23NO5S/c1-11(2)14(16)10-15-21(17,18)13-6-4-12(5-7-13)20-9-8-19-3/h4-7,11,14-16H,8-10H2,1-3H3. The van der Waals surface area contributed by atoms with Gasteiger partial charge in [-0.2, -0.15) is 0 Å². The molecule has 6 nitrogen and oxygen atoms in total. The summed E-state index contributed by atoms with van der Waals surface area (Å²) in [4.78, 5) is 0.137. The lowest BCUT2D eigenvalue weighted by atomic mass is 10.1. The SMILES string of the molecule is COCCOc1ccc(S(=O)(=O)NCC(O)C(C)C)cc1. The molecule has 0 saturated carbocycles. The largest absolute Gasteiger partial charge is 0.491 e. The van der Waals surface area contributed by atoms with Gasteiger partial charge >= 0.3 is 0 Å². The Hall–Kier alpha value is -1.15. The highest BCUT2D eigenvalue weighted by Gasteiger charge is 2.17. The van der Waals surface area contributed by atoms with Gasteiger partial charge in [-0.25, -0.2) is 13.1 Å². The molecule has 1 aromatic rings. The van der Waals surface area contributed by atoms with Crippen LogP contribution >= 0.6 is 0 Å². The first kappa shape index (κ1) is 17.9. The number of nitrogens with one attached hydrogen (secondary N) is 1. The molecule has 120 valence electrons. The number of rotatable bonds is 9. The topological polar surface area (TPSA) is 84.9 Å². The number of aliphatic hydroxyl groups is 1. The summed E-state index contributed by atoms with van der Waals surface area (Å²) in [6.07, 6.45) is -0.712. The third-order valence-electron chi connectivity index (χ3n) is 2.94. The van der Waals surface area contributed by atoms with Gasteiger partial charge in [0.05, 0.1) is 17.6 Å². The number of hydrogen-bond acceptors (Lipinski definition) is 5. The van der Waals surface area contributed by atoms with Crippen LogP contribution in [0.4, 0.5) is 0 Å². The molecule has 0 radical (unpaired) electrons. The fraction of sp³-hybridized carbons (Fsp3) is 0.571. The average Bonchev–Trinajstić information content (AvgIpc) is 2.45. The van der Waals surface area contributed by atoms with Gasteiger partial charge in [0.2, 0.25) is 10.0 Å². The Kier molecular flexibility index (Phi) is 7.10. The Labute approximate surface area is 126 Å². The summed E-state index contributed by atoms with van der Waals surface area (Å²) in [5.41, 5.74) is 0. The first-order valence-corrected chi connectivity index (χ1v) is 8.24. The van der Waals surface area contributed by atoms with E-state index in [4.69, 9.17) is 9.47 Å². The zero-order chi connectivity index (χ0) is 15.9. The number of sulfonamides is 1. The molecule has 0 bridgehead atoms. The molecule has 1 aromatic carbocycles. The summed E-state index contributed by atoms with van der Waals surface area (Å²) in [6, 6.07) is 6.10. The summed E-state index contributed by atoms with van der Waals surface area (Å²) in [6.45, 7) is 4.51. The minimum absolute atomic E-state index is 0.00785. The second-order valence-electron chi connectivity index (χ2n) is 4.98. The molecule has 0 aliphatic heterocycles. The number of benzene rings is 1. The van der Waals surface area contributed by atoms with Gasteiger partial charge in [0.15, 0.2) is 0 Å². The molecular weight excluding hydrogens is 294 g/mol. The van der Waals surface area contributed by atoms with Gasteiger partial charge in [0.25, 0.3) is 0 Å². The highest BCUT2D eigenvalue weighted by Crippen LogP contribution is 2.16. The van der Waals surface area contributed by atoms with Crippen molar-refractivity contribution < 1.29 is 23.0 Å². The lowest BCUT2D eigenvalue weighted by molar-refractivity contribution is 0.129. The smallest absolute Gasteiger partial charge is 0.240 e. The van der Waals surface area contributed by atoms with Crippen LogP contribution in [-0.4, -0.2) is 46.5 Å². The van der Waals surface area contributed by atoms with Gasteiger partial charge in [0, 0.05) is 13.7 Å². The van der Waals surface area contributed by atoms with E-state index in [0.29, 0.717) is 19.0 Å². The molecule has 0 aliphatic carbocycles. The first-order valence-electron chi connectivity index (χ1n) is 6.76. The summed E-state index contributed by atoms with van der Waals surface area (Å²) >= 11 is 0. The second-order valence-corrected chi connectivity index (χ2v) is 6.74. The lowest BCUT2D eigenvalue weighted by Crippen LogP contribution is -2.34. The fourth-order valence-corrected chi connectivity index (χ4v) is 2.52. The van der Waals surface area contributed by atoms with Crippen molar-refractivity contribution in [2.75, 3.05) is 26.9 Å². The zero-order valence-electron chi connectivity index (χ0n) is 12.6. The van der Waals surface area contributed by atoms with E-state index < -0.39 is 16.1 Å². The molecule has 0 aromatic heterocycles. The highest BCUT2D eigenvalue weighted by molar-refractivity contribution is 7.89. The predicted octanol–water partition coefficient (Wildman–Crippen LogP) is 1.01. The number of aliphatic hydroxyl groups excluding tert-OH is 1. The van der Waals surface area contributed by atoms with E-state index in [1.54, 1.807) is 19.2 Å². The van der Waals surface area contributed by atoms with Gasteiger partial charge in [-0.1, -0.05) is 13.8 Å². The van der Waals surface area contributed by atoms with Crippen molar-refractivity contribution in [2.45, 2.75) is 24.8 Å². The van der Waals surface area contributed by atoms with Crippen LogP contribution in [0.15, 0.2) is 29.2 Å². The van der Waals surface area contributed by atoms with Gasteiger partial charge in [-0.3, -0.25) is 0 Å². The van der Waals surface area contributed by atoms with Crippen molar-refractivity contribution in [1.29, 1.82) is 0 Å². The van der Waals surface area contributed by atoms with Crippen molar-refractivity contribution in [2.24, 2.45) is 5.92 Å². The van der Waals surface area contributed by atoms with Crippen molar-refractivity contribution in [3.05, 3.63) is 24.3 Å². The molecule has 0 fully saturated rings. The minimum atomic E-state index is -3.62. The maximum Gasteiger partial charge on any atom is 0.240 e. The Balaban J connectivity index is 2.62. The maximum atomic E-state index is 12.0. The molecule has 7 heteroatoms. The summed E-state index contributed by atoms with van der Waals surface area (Å²) in [7, 11) is -2.04. The zero-order valence-corrected chi connectivity index (χ0v) is 13.4. The van der Waals surface area contributed by atoms with Gasteiger partial charge in [-0.05, 0) is 30.2 Å². The van der Waals surface area contributed by atoms with E-state index in [0.717, 1.165) is 0 Å². The van der Waals surface area contributed by atoms with E-state index in [9.17, 15) is 13.5 Å². The molecule has 0 heterocycles. The molecule has 0 aliphatic rings. The molecule has 2 N–H and O–H groups in total. The van der Waals surface area contributed by atoms with E-state index in [-0.39, 0.29) is 17.4 Å². The Morgan fingerprint density at radius 3 is 2.33 bits per heavy atom. The normalized spacial score (nSPS) is 13.4. The molecule has 0 saturated heterocycles. The summed E-state index contributed by atoms with van der Waals surface area (Å²) < 4.78 is 36.7. The van der Waals surface area contributed by atoms with Gasteiger partial charge in [0.1, 0.15) is 12.4 Å². The number of hydrogen-bond donors (Lipinski definition) is 2. The third kappa shape index (κ3) is 6.01. The van der Waals surface area contributed by atoms with Crippen molar-refractivity contribution in [3.8, 4) is 5.75 Å². The van der Waals surface area contributed by atoms with Crippen LogP contribution in [0.25, 0.3) is 0 Å². The molecule has 1 rings (SSSR count). The molecule has 0 spiro atoms. The molecule has 21 heavy (non-hydrogen) atoms. The van der Waals surface area contributed by atoms with E-state index in [2.05, 4.69) is 4.72 Å². The molecule has 1 atom stereocenters. The predicted molar refractivity (Wildman–Crippen MR) is 79.8 cm³/mol. The van der Waals surface area contributed by atoms with Crippen LogP contribution in [0.2, 0.25) is 0 Å². The van der Waals surface area contributed by atoms with Crippen LogP contribution in [0.3, 0.4) is 0 Å². The molecular formula is C14H23NO5S. The molecule has 1 unspecified atom stereocenters. The Morgan fingerprint density at radius 2 is 1.81 bits per heavy atom. The van der Waals surface area contributed by atoms with E-state index in [1.807, 2.05) is 13.8 Å². The Morgan fingerprint density at radius 1 is 1.19 bits per heavy atom. The monoisotopic (exact) mass is 317 g/mol. The van der Waals surface area contributed by atoms with Crippen molar-refractivity contribution in [1.82, 2.24) is 4.72 Å². The summed E-state index contributed by atoms with van der Waals surface area (Å²) in [5, 5.41) is 9.64. The Bertz CT molecular complexity index is 513. The van der Waals surface area contributed by atoms with Crippen LogP contribution in [0.5, 0.6) is 5.75 Å². The first-order chi connectivity index (χ1) is 9.86. The fourth-order valence-electron chi connectivity index (χ4n) is 1.47. The van der Waals surface area contributed by atoms with Crippen LogP contribution < -0.4 is 9.46 Å². The highest BCUT2D eigenvalue weighted by atomic mass is 32.2.